The Bertz CT molecular complexity index is 374. The van der Waals surface area contributed by atoms with Gasteiger partial charge in [0.2, 0.25) is 0 Å². The van der Waals surface area contributed by atoms with E-state index in [1.165, 1.54) is 6.20 Å². The van der Waals surface area contributed by atoms with Crippen molar-refractivity contribution in [2.45, 2.75) is 32.4 Å². The largest absolute Gasteiger partial charge is 0.389 e. The number of rotatable bonds is 4. The smallest absolute Gasteiger partial charge is 0.294 e. The van der Waals surface area contributed by atoms with Gasteiger partial charge in [0.1, 0.15) is 0 Å². The number of aryl methyl sites for hydroxylation is 1. The summed E-state index contributed by atoms with van der Waals surface area (Å²) in [7, 11) is 0. The molecule has 0 aliphatic rings. The Morgan fingerprint density at radius 2 is 2.12 bits per heavy atom. The summed E-state index contributed by atoms with van der Waals surface area (Å²) >= 11 is 0. The van der Waals surface area contributed by atoms with Crippen molar-refractivity contribution in [1.29, 1.82) is 0 Å². The number of hydrogen-bond acceptors (Lipinski definition) is 2. The fraction of sp³-hybridized carbons (Fsp3) is 0.455. The van der Waals surface area contributed by atoms with E-state index in [0.29, 0.717) is 5.56 Å². The summed E-state index contributed by atoms with van der Waals surface area (Å²) in [6.45, 7) is 1.73. The molecule has 16 heavy (non-hydrogen) atoms. The molecule has 0 aliphatic carbocycles. The van der Waals surface area contributed by atoms with Crippen LogP contribution in [-0.2, 0) is 0 Å². The summed E-state index contributed by atoms with van der Waals surface area (Å²) in [6, 6.07) is 1.66. The minimum atomic E-state index is -4.19. The van der Waals surface area contributed by atoms with Crippen LogP contribution in [0, 0.1) is 6.92 Å². The molecular weight excluding hydrogens is 219 g/mol. The van der Waals surface area contributed by atoms with Crippen molar-refractivity contribution in [3.05, 3.63) is 29.6 Å². The van der Waals surface area contributed by atoms with Crippen LogP contribution in [0.4, 0.5) is 13.2 Å². The average Bonchev–Trinajstić information content (AvgIpc) is 2.16. The number of Topliss-reactive ketones (excluding diaryl/α,β-unsaturated/α-hetero) is 1. The molecule has 0 amide bonds. The van der Waals surface area contributed by atoms with Crippen LogP contribution in [0.5, 0.6) is 0 Å². The van der Waals surface area contributed by atoms with Gasteiger partial charge in [-0.25, -0.2) is 0 Å². The van der Waals surface area contributed by atoms with E-state index >= 15 is 0 Å². The Labute approximate surface area is 91.5 Å². The number of nitrogens with zero attached hydrogens (tertiary/aromatic N) is 1. The highest BCUT2D eigenvalue weighted by Gasteiger charge is 2.26. The summed E-state index contributed by atoms with van der Waals surface area (Å²) in [5.41, 5.74) is 1.15. The molecule has 0 radical (unpaired) electrons. The van der Waals surface area contributed by atoms with Crippen LogP contribution in [0.15, 0.2) is 18.5 Å². The lowest BCUT2D eigenvalue weighted by atomic mass is 10.0. The third-order valence-corrected chi connectivity index (χ3v) is 2.20. The highest BCUT2D eigenvalue weighted by atomic mass is 19.4. The number of pyridine rings is 1. The zero-order valence-corrected chi connectivity index (χ0v) is 8.84. The molecule has 0 spiro atoms. The Kier molecular flexibility index (Phi) is 4.04. The molecule has 0 saturated heterocycles. The van der Waals surface area contributed by atoms with Gasteiger partial charge in [-0.15, -0.1) is 0 Å². The first-order chi connectivity index (χ1) is 7.40. The van der Waals surface area contributed by atoms with Gasteiger partial charge >= 0.3 is 6.18 Å². The molecule has 0 saturated carbocycles. The first-order valence-electron chi connectivity index (χ1n) is 4.91. The molecular formula is C11H12F3NO. The van der Waals surface area contributed by atoms with Crippen molar-refractivity contribution in [3.63, 3.8) is 0 Å². The van der Waals surface area contributed by atoms with Gasteiger partial charge in [0.15, 0.2) is 5.78 Å². The fourth-order valence-electron chi connectivity index (χ4n) is 1.34. The van der Waals surface area contributed by atoms with Gasteiger partial charge in [0, 0.05) is 30.8 Å². The second-order valence-electron chi connectivity index (χ2n) is 3.58. The van der Waals surface area contributed by atoms with E-state index in [9.17, 15) is 18.0 Å². The van der Waals surface area contributed by atoms with Gasteiger partial charge in [-0.2, -0.15) is 13.2 Å². The van der Waals surface area contributed by atoms with E-state index < -0.39 is 12.6 Å². The monoisotopic (exact) mass is 231 g/mol. The van der Waals surface area contributed by atoms with Crippen molar-refractivity contribution < 1.29 is 18.0 Å². The highest BCUT2D eigenvalue weighted by molar-refractivity contribution is 5.97. The fourth-order valence-corrected chi connectivity index (χ4v) is 1.34. The summed E-state index contributed by atoms with van der Waals surface area (Å²) in [6.07, 6.45) is -2.43. The molecule has 2 nitrogen and oxygen atoms in total. The van der Waals surface area contributed by atoms with Gasteiger partial charge in [-0.1, -0.05) is 0 Å². The lowest BCUT2D eigenvalue weighted by Crippen LogP contribution is -2.09. The van der Waals surface area contributed by atoms with E-state index in [4.69, 9.17) is 0 Å². The zero-order chi connectivity index (χ0) is 12.2. The molecule has 0 N–H and O–H groups in total. The molecule has 0 aliphatic heterocycles. The Balaban J connectivity index is 2.51. The van der Waals surface area contributed by atoms with Crippen LogP contribution in [0.25, 0.3) is 0 Å². The van der Waals surface area contributed by atoms with Gasteiger partial charge in [-0.3, -0.25) is 9.78 Å². The number of hydrogen-bond donors (Lipinski definition) is 0. The van der Waals surface area contributed by atoms with Crippen molar-refractivity contribution in [1.82, 2.24) is 4.98 Å². The topological polar surface area (TPSA) is 30.0 Å². The lowest BCUT2D eigenvalue weighted by Gasteiger charge is -2.06. The molecule has 0 fully saturated rings. The quantitative estimate of drug-likeness (QED) is 0.744. The third kappa shape index (κ3) is 4.00. The first-order valence-corrected chi connectivity index (χ1v) is 4.91. The second kappa shape index (κ2) is 5.09. The molecule has 1 aromatic rings. The van der Waals surface area contributed by atoms with Gasteiger partial charge in [-0.05, 0) is 25.0 Å². The maximum absolute atomic E-state index is 11.9. The average molecular weight is 231 g/mol. The van der Waals surface area contributed by atoms with Crippen molar-refractivity contribution in [3.8, 4) is 0 Å². The molecule has 1 rings (SSSR count). The maximum atomic E-state index is 11.9. The molecule has 0 aromatic carbocycles. The summed E-state index contributed by atoms with van der Waals surface area (Å²) < 4.78 is 35.6. The number of carbonyl (C=O) groups is 1. The number of alkyl halides is 3. The number of aromatic nitrogens is 1. The molecule has 88 valence electrons. The molecule has 1 aromatic heterocycles. The SMILES string of the molecule is Cc1ccncc1C(=O)CCCC(F)(F)F. The Hall–Kier alpha value is -1.39. The minimum Gasteiger partial charge on any atom is -0.294 e. The molecule has 0 unspecified atom stereocenters. The van der Waals surface area contributed by atoms with Crippen LogP contribution in [0.3, 0.4) is 0 Å². The van der Waals surface area contributed by atoms with Crippen molar-refractivity contribution in [2.24, 2.45) is 0 Å². The van der Waals surface area contributed by atoms with Crippen LogP contribution in [0.2, 0.25) is 0 Å². The molecule has 0 bridgehead atoms. The van der Waals surface area contributed by atoms with E-state index in [1.807, 2.05) is 0 Å². The normalized spacial score (nSPS) is 11.5. The van der Waals surface area contributed by atoms with Crippen molar-refractivity contribution >= 4 is 5.78 Å². The highest BCUT2D eigenvalue weighted by Crippen LogP contribution is 2.23. The number of carbonyl (C=O) groups excluding carboxylic acids is 1. The van der Waals surface area contributed by atoms with Gasteiger partial charge in [0.05, 0.1) is 0 Å². The van der Waals surface area contributed by atoms with Crippen molar-refractivity contribution in [2.75, 3.05) is 0 Å². The van der Waals surface area contributed by atoms with E-state index in [0.717, 1.165) is 5.56 Å². The number of ketones is 1. The second-order valence-corrected chi connectivity index (χ2v) is 3.58. The summed E-state index contributed by atoms with van der Waals surface area (Å²) in [5.74, 6) is -0.283. The lowest BCUT2D eigenvalue weighted by molar-refractivity contribution is -0.135. The van der Waals surface area contributed by atoms with Crippen LogP contribution >= 0.6 is 0 Å². The Morgan fingerprint density at radius 3 is 2.69 bits per heavy atom. The van der Waals surface area contributed by atoms with E-state index in [1.54, 1.807) is 19.2 Å². The zero-order valence-electron chi connectivity index (χ0n) is 8.84. The van der Waals surface area contributed by atoms with Crippen LogP contribution < -0.4 is 0 Å². The standard InChI is InChI=1S/C11H12F3NO/c1-8-4-6-15-7-9(8)10(16)3-2-5-11(12,13)14/h4,6-7H,2-3,5H2,1H3. The predicted octanol–water partition coefficient (Wildman–Crippen LogP) is 3.31. The third-order valence-electron chi connectivity index (χ3n) is 2.20. The summed E-state index contributed by atoms with van der Waals surface area (Å²) in [5, 5.41) is 0. The van der Waals surface area contributed by atoms with E-state index in [-0.39, 0.29) is 18.6 Å². The minimum absolute atomic E-state index is 0.0912. The maximum Gasteiger partial charge on any atom is 0.389 e. The van der Waals surface area contributed by atoms with E-state index in [2.05, 4.69) is 4.98 Å². The Morgan fingerprint density at radius 1 is 1.44 bits per heavy atom. The first kappa shape index (κ1) is 12.7. The number of halogens is 3. The molecule has 0 atom stereocenters. The molecule has 5 heteroatoms. The van der Waals surface area contributed by atoms with Gasteiger partial charge < -0.3 is 0 Å². The summed E-state index contributed by atoms with van der Waals surface area (Å²) in [4.78, 5) is 15.3. The van der Waals surface area contributed by atoms with Crippen LogP contribution in [0.1, 0.15) is 35.2 Å². The van der Waals surface area contributed by atoms with Crippen LogP contribution in [-0.4, -0.2) is 16.9 Å². The predicted molar refractivity (Wildman–Crippen MR) is 53.2 cm³/mol. The van der Waals surface area contributed by atoms with Gasteiger partial charge in [0.25, 0.3) is 0 Å². The molecule has 1 heterocycles.